The van der Waals surface area contributed by atoms with E-state index in [1.54, 1.807) is 18.2 Å². The van der Waals surface area contributed by atoms with Gasteiger partial charge in [-0.2, -0.15) is 5.26 Å². The Bertz CT molecular complexity index is 1280. The minimum absolute atomic E-state index is 0.0602. The van der Waals surface area contributed by atoms with Crippen molar-refractivity contribution in [2.24, 2.45) is 0 Å². The molecule has 3 aromatic rings. The predicted molar refractivity (Wildman–Crippen MR) is 145 cm³/mol. The maximum absolute atomic E-state index is 12.6. The van der Waals surface area contributed by atoms with E-state index in [4.69, 9.17) is 14.2 Å². The standard InChI is InChI=1S/C28H30N4O4S/c1-4-9-21-11-7-8-12-23(21)35-15-16-36-24-14-13-20(18-25(24)34-6-3)17-22(19-29)27(33)30-28-32-31-26(37-28)10-5-2/h4,7-8,11-14,17-18H,1,5-6,9-10,15-16H2,2-3H3,(H,30,32,33)/b22-17-. The fourth-order valence-corrected chi connectivity index (χ4v) is 4.21. The number of hydrogen-bond donors (Lipinski definition) is 1. The number of hydrogen-bond acceptors (Lipinski definition) is 8. The van der Waals surface area contributed by atoms with Crippen molar-refractivity contribution in [3.05, 3.63) is 76.8 Å². The molecule has 192 valence electrons. The maximum Gasteiger partial charge on any atom is 0.268 e. The zero-order valence-electron chi connectivity index (χ0n) is 21.0. The van der Waals surface area contributed by atoms with Crippen molar-refractivity contribution in [1.29, 1.82) is 5.26 Å². The number of rotatable bonds is 14. The van der Waals surface area contributed by atoms with Crippen LogP contribution in [0.1, 0.15) is 36.4 Å². The summed E-state index contributed by atoms with van der Waals surface area (Å²) in [6.07, 6.45) is 5.78. The van der Waals surface area contributed by atoms with E-state index < -0.39 is 5.91 Å². The average molecular weight is 519 g/mol. The second-order valence-corrected chi connectivity index (χ2v) is 8.87. The minimum atomic E-state index is -0.547. The largest absolute Gasteiger partial charge is 0.490 e. The number of para-hydroxylation sites is 1. The summed E-state index contributed by atoms with van der Waals surface area (Å²) in [5.41, 5.74) is 1.63. The Morgan fingerprint density at radius 3 is 2.59 bits per heavy atom. The molecule has 8 nitrogen and oxygen atoms in total. The Morgan fingerprint density at radius 2 is 1.86 bits per heavy atom. The molecule has 9 heteroatoms. The molecular formula is C28H30N4O4S. The first kappa shape index (κ1) is 27.4. The van der Waals surface area contributed by atoms with E-state index in [-0.39, 0.29) is 5.57 Å². The average Bonchev–Trinajstić information content (AvgIpc) is 3.34. The Morgan fingerprint density at radius 1 is 1.08 bits per heavy atom. The number of aryl methyl sites for hydroxylation is 1. The molecule has 0 atom stereocenters. The molecule has 1 N–H and O–H groups in total. The van der Waals surface area contributed by atoms with Crippen molar-refractivity contribution < 1.29 is 19.0 Å². The second-order valence-electron chi connectivity index (χ2n) is 7.81. The summed E-state index contributed by atoms with van der Waals surface area (Å²) in [7, 11) is 0. The van der Waals surface area contributed by atoms with Crippen LogP contribution in [0.25, 0.3) is 6.08 Å². The van der Waals surface area contributed by atoms with Crippen LogP contribution in [0, 0.1) is 11.3 Å². The molecule has 0 aliphatic rings. The summed E-state index contributed by atoms with van der Waals surface area (Å²) in [4.78, 5) is 12.6. The zero-order chi connectivity index (χ0) is 26.5. The number of carbonyl (C=O) groups is 1. The lowest BCUT2D eigenvalue weighted by Gasteiger charge is -2.14. The predicted octanol–water partition coefficient (Wildman–Crippen LogP) is 5.62. The third kappa shape index (κ3) is 8.19. The third-order valence-electron chi connectivity index (χ3n) is 5.03. The summed E-state index contributed by atoms with van der Waals surface area (Å²) in [5.74, 6) is 1.30. The molecule has 1 aromatic heterocycles. The van der Waals surface area contributed by atoms with E-state index in [2.05, 4.69) is 22.1 Å². The minimum Gasteiger partial charge on any atom is -0.490 e. The van der Waals surface area contributed by atoms with Crippen LogP contribution < -0.4 is 19.5 Å². The summed E-state index contributed by atoms with van der Waals surface area (Å²) in [5, 5.41) is 21.4. The SMILES string of the molecule is C=CCc1ccccc1OCCOc1ccc(/C=C(/C#N)C(=O)Nc2nnc(CCC)s2)cc1OCC. The van der Waals surface area contributed by atoms with E-state index in [0.29, 0.717) is 42.0 Å². The lowest BCUT2D eigenvalue weighted by atomic mass is 10.1. The van der Waals surface area contributed by atoms with E-state index >= 15 is 0 Å². The summed E-state index contributed by atoms with van der Waals surface area (Å²) < 4.78 is 17.5. The molecule has 0 fully saturated rings. The van der Waals surface area contributed by atoms with E-state index in [1.165, 1.54) is 17.4 Å². The van der Waals surface area contributed by atoms with Gasteiger partial charge in [-0.3, -0.25) is 10.1 Å². The van der Waals surface area contributed by atoms with Gasteiger partial charge in [0.2, 0.25) is 5.13 Å². The van der Waals surface area contributed by atoms with Gasteiger partial charge < -0.3 is 14.2 Å². The van der Waals surface area contributed by atoms with Gasteiger partial charge in [-0.25, -0.2) is 0 Å². The lowest BCUT2D eigenvalue weighted by molar-refractivity contribution is -0.112. The van der Waals surface area contributed by atoms with Crippen molar-refractivity contribution in [3.63, 3.8) is 0 Å². The number of nitriles is 1. The highest BCUT2D eigenvalue weighted by Crippen LogP contribution is 2.30. The molecule has 37 heavy (non-hydrogen) atoms. The molecule has 0 aliphatic heterocycles. The fraction of sp³-hybridized carbons (Fsp3) is 0.286. The van der Waals surface area contributed by atoms with E-state index in [9.17, 15) is 10.1 Å². The molecular weight excluding hydrogens is 488 g/mol. The van der Waals surface area contributed by atoms with E-state index in [0.717, 1.165) is 35.6 Å². The van der Waals surface area contributed by atoms with Crippen LogP contribution in [0.5, 0.6) is 17.2 Å². The molecule has 3 rings (SSSR count). The van der Waals surface area contributed by atoms with Gasteiger partial charge in [0.1, 0.15) is 35.6 Å². The highest BCUT2D eigenvalue weighted by Gasteiger charge is 2.14. The van der Waals surface area contributed by atoms with Crippen molar-refractivity contribution in [3.8, 4) is 23.3 Å². The van der Waals surface area contributed by atoms with Gasteiger partial charge in [0.05, 0.1) is 6.61 Å². The monoisotopic (exact) mass is 518 g/mol. The first-order valence-electron chi connectivity index (χ1n) is 12.0. The van der Waals surface area contributed by atoms with Gasteiger partial charge in [0, 0.05) is 6.42 Å². The number of ether oxygens (including phenoxy) is 3. The molecule has 1 heterocycles. The highest BCUT2D eigenvalue weighted by atomic mass is 32.1. The Kier molecular flexibility index (Phi) is 10.7. The molecule has 0 unspecified atom stereocenters. The highest BCUT2D eigenvalue weighted by molar-refractivity contribution is 7.15. The zero-order valence-corrected chi connectivity index (χ0v) is 21.8. The molecule has 0 spiro atoms. The third-order valence-corrected chi connectivity index (χ3v) is 5.93. The topological polar surface area (TPSA) is 106 Å². The van der Waals surface area contributed by atoms with Crippen molar-refractivity contribution >= 4 is 28.5 Å². The number of amides is 1. The number of nitrogens with one attached hydrogen (secondary N) is 1. The van der Waals surface area contributed by atoms with Crippen LogP contribution in [0.4, 0.5) is 5.13 Å². The van der Waals surface area contributed by atoms with E-state index in [1.807, 2.05) is 50.3 Å². The van der Waals surface area contributed by atoms with Gasteiger partial charge in [-0.15, -0.1) is 16.8 Å². The first-order chi connectivity index (χ1) is 18.1. The first-order valence-corrected chi connectivity index (χ1v) is 12.9. The lowest BCUT2D eigenvalue weighted by Crippen LogP contribution is -2.13. The number of anilines is 1. The van der Waals surface area contributed by atoms with Crippen molar-refractivity contribution in [1.82, 2.24) is 10.2 Å². The van der Waals surface area contributed by atoms with Crippen LogP contribution >= 0.6 is 11.3 Å². The van der Waals surface area contributed by atoms with Gasteiger partial charge in [-0.1, -0.05) is 48.6 Å². The van der Waals surface area contributed by atoms with Gasteiger partial charge >= 0.3 is 0 Å². The summed E-state index contributed by atoms with van der Waals surface area (Å²) >= 11 is 1.30. The fourth-order valence-electron chi connectivity index (χ4n) is 3.37. The van der Waals surface area contributed by atoms with Gasteiger partial charge in [-0.05, 0) is 55.2 Å². The molecule has 0 bridgehead atoms. The maximum atomic E-state index is 12.6. The smallest absolute Gasteiger partial charge is 0.268 e. The molecule has 0 aliphatic carbocycles. The van der Waals surface area contributed by atoms with Crippen LogP contribution in [-0.4, -0.2) is 35.9 Å². The van der Waals surface area contributed by atoms with Crippen molar-refractivity contribution in [2.75, 3.05) is 25.1 Å². The number of nitrogens with zero attached hydrogens (tertiary/aromatic N) is 3. The van der Waals surface area contributed by atoms with Gasteiger partial charge in [0.25, 0.3) is 5.91 Å². The van der Waals surface area contributed by atoms with Crippen LogP contribution in [0.3, 0.4) is 0 Å². The molecule has 1 amide bonds. The molecule has 0 radical (unpaired) electrons. The molecule has 0 saturated carbocycles. The number of carbonyl (C=O) groups excluding carboxylic acids is 1. The van der Waals surface area contributed by atoms with Crippen LogP contribution in [-0.2, 0) is 17.6 Å². The Labute approximate surface area is 221 Å². The Hall–Kier alpha value is -4.16. The Balaban J connectivity index is 1.65. The second kappa shape index (κ2) is 14.4. The number of aromatic nitrogens is 2. The number of allylic oxidation sites excluding steroid dienone is 1. The normalized spacial score (nSPS) is 10.9. The quantitative estimate of drug-likeness (QED) is 0.128. The van der Waals surface area contributed by atoms with Crippen LogP contribution in [0.15, 0.2) is 60.7 Å². The molecule has 0 saturated heterocycles. The van der Waals surface area contributed by atoms with Crippen LogP contribution in [0.2, 0.25) is 0 Å². The molecule has 2 aromatic carbocycles. The van der Waals surface area contributed by atoms with Crippen molar-refractivity contribution in [2.45, 2.75) is 33.1 Å². The summed E-state index contributed by atoms with van der Waals surface area (Å²) in [6.45, 7) is 8.79. The van der Waals surface area contributed by atoms with Gasteiger partial charge in [0.15, 0.2) is 11.5 Å². The summed E-state index contributed by atoms with van der Waals surface area (Å²) in [6, 6.07) is 15.0. The number of benzene rings is 2.